The summed E-state index contributed by atoms with van der Waals surface area (Å²) in [7, 11) is 1.46. The minimum Gasteiger partial charge on any atom is -0.478 e. The number of aromatic carboxylic acids is 1. The van der Waals surface area contributed by atoms with Gasteiger partial charge in [0.25, 0.3) is 5.91 Å². The molecule has 2 atom stereocenters. The summed E-state index contributed by atoms with van der Waals surface area (Å²) in [6.07, 6.45) is -4.03. The van der Waals surface area contributed by atoms with Crippen LogP contribution in [0.3, 0.4) is 0 Å². The Kier molecular flexibility index (Phi) is 7.45. The van der Waals surface area contributed by atoms with Crippen molar-refractivity contribution in [3.8, 4) is 0 Å². The maximum Gasteiger partial charge on any atom is 0.422 e. The fraction of sp³-hybridized carbons (Fsp3) is 0.208. The van der Waals surface area contributed by atoms with Crippen LogP contribution < -0.4 is 4.90 Å². The van der Waals surface area contributed by atoms with Crippen LogP contribution in [0.5, 0.6) is 0 Å². The maximum absolute atomic E-state index is 14.1. The number of hydrogen-bond acceptors (Lipinski definition) is 4. The monoisotopic (exact) mass is 526 g/mol. The molecule has 0 saturated carbocycles. The van der Waals surface area contributed by atoms with Gasteiger partial charge in [0, 0.05) is 35.4 Å². The molecule has 3 rings (SSSR count). The molecular weight excluding hydrogens is 508 g/mol. The van der Waals surface area contributed by atoms with Gasteiger partial charge in [0.1, 0.15) is 5.15 Å². The van der Waals surface area contributed by atoms with Crippen LogP contribution in [0.4, 0.5) is 18.9 Å². The summed E-state index contributed by atoms with van der Waals surface area (Å²) in [6, 6.07) is 11.3. The molecule has 0 aliphatic heterocycles. The van der Waals surface area contributed by atoms with Crippen LogP contribution in [-0.2, 0) is 5.60 Å². The minimum absolute atomic E-state index is 0.0376. The van der Waals surface area contributed by atoms with Crippen molar-refractivity contribution in [3.05, 3.63) is 93.2 Å². The molecule has 6 nitrogen and oxygen atoms in total. The second kappa shape index (κ2) is 9.85. The number of carboxylic acids is 1. The van der Waals surface area contributed by atoms with E-state index in [1.165, 1.54) is 61.3 Å². The van der Waals surface area contributed by atoms with Crippen molar-refractivity contribution in [1.29, 1.82) is 0 Å². The fourth-order valence-electron chi connectivity index (χ4n) is 3.67. The Hall–Kier alpha value is -3.14. The summed E-state index contributed by atoms with van der Waals surface area (Å²) in [6.45, 7) is 1.17. The predicted molar refractivity (Wildman–Crippen MR) is 125 cm³/mol. The highest BCUT2D eigenvalue weighted by atomic mass is 35.5. The van der Waals surface area contributed by atoms with Gasteiger partial charge in [-0.15, -0.1) is 0 Å². The number of aromatic nitrogens is 1. The lowest BCUT2D eigenvalue weighted by molar-refractivity contribution is -0.274. The lowest BCUT2D eigenvalue weighted by Gasteiger charge is -2.37. The Bertz CT molecular complexity index is 1270. The smallest absolute Gasteiger partial charge is 0.422 e. The molecule has 2 aromatic carbocycles. The van der Waals surface area contributed by atoms with Crippen LogP contribution in [0, 0.1) is 0 Å². The van der Waals surface area contributed by atoms with Crippen LogP contribution in [0.2, 0.25) is 10.2 Å². The topological polar surface area (TPSA) is 90.7 Å². The molecule has 0 aliphatic rings. The second-order valence-corrected chi connectivity index (χ2v) is 8.60. The lowest BCUT2D eigenvalue weighted by atomic mass is 9.78. The molecule has 3 aromatic rings. The van der Waals surface area contributed by atoms with Crippen LogP contribution in [0.15, 0.2) is 60.8 Å². The SMILES string of the molecule is CC(c1ccc(C(=O)N(C)c2ccc(C(=O)O)cc2)cc1Cl)C(O)(c1ccnc(Cl)c1)C(F)(F)F. The summed E-state index contributed by atoms with van der Waals surface area (Å²) < 4.78 is 42.3. The zero-order valence-electron chi connectivity index (χ0n) is 18.3. The molecule has 35 heavy (non-hydrogen) atoms. The van der Waals surface area contributed by atoms with E-state index in [-0.39, 0.29) is 26.9 Å². The van der Waals surface area contributed by atoms with E-state index < -0.39 is 35.1 Å². The average Bonchev–Trinajstić information content (AvgIpc) is 2.81. The third-order valence-electron chi connectivity index (χ3n) is 5.75. The Balaban J connectivity index is 1.95. The highest BCUT2D eigenvalue weighted by Gasteiger charge is 2.59. The Morgan fingerprint density at radius 3 is 2.11 bits per heavy atom. The van der Waals surface area contributed by atoms with Gasteiger partial charge >= 0.3 is 12.1 Å². The van der Waals surface area contributed by atoms with E-state index in [0.717, 1.165) is 18.3 Å². The first-order valence-electron chi connectivity index (χ1n) is 10.1. The highest BCUT2D eigenvalue weighted by Crippen LogP contribution is 2.50. The van der Waals surface area contributed by atoms with Gasteiger partial charge in [0.2, 0.25) is 0 Å². The van der Waals surface area contributed by atoms with Gasteiger partial charge in [-0.2, -0.15) is 13.2 Å². The van der Waals surface area contributed by atoms with Crippen molar-refractivity contribution in [1.82, 2.24) is 4.98 Å². The molecule has 0 bridgehead atoms. The largest absolute Gasteiger partial charge is 0.478 e. The molecule has 0 saturated heterocycles. The van der Waals surface area contributed by atoms with Gasteiger partial charge in [0.15, 0.2) is 5.60 Å². The number of carbonyl (C=O) groups excluding carboxylic acids is 1. The molecule has 184 valence electrons. The summed E-state index contributed by atoms with van der Waals surface area (Å²) in [5.41, 5.74) is -3.35. The number of benzene rings is 2. The van der Waals surface area contributed by atoms with Crippen molar-refractivity contribution >= 4 is 40.8 Å². The number of rotatable bonds is 6. The normalized spacial score (nSPS) is 14.2. The van der Waals surface area contributed by atoms with Crippen molar-refractivity contribution in [3.63, 3.8) is 0 Å². The van der Waals surface area contributed by atoms with Crippen LogP contribution >= 0.6 is 23.2 Å². The van der Waals surface area contributed by atoms with Crippen molar-refractivity contribution in [2.45, 2.75) is 24.6 Å². The number of pyridine rings is 1. The Morgan fingerprint density at radius 1 is 1.00 bits per heavy atom. The second-order valence-electron chi connectivity index (χ2n) is 7.81. The summed E-state index contributed by atoms with van der Waals surface area (Å²) in [5, 5.41) is 19.5. The first-order chi connectivity index (χ1) is 16.3. The van der Waals surface area contributed by atoms with Crippen molar-refractivity contribution in [2.24, 2.45) is 0 Å². The van der Waals surface area contributed by atoms with Gasteiger partial charge in [-0.05, 0) is 59.7 Å². The number of halogens is 5. The molecule has 1 amide bonds. The molecule has 2 N–H and O–H groups in total. The number of carbonyl (C=O) groups is 2. The number of aliphatic hydroxyl groups is 1. The highest BCUT2D eigenvalue weighted by molar-refractivity contribution is 6.32. The third kappa shape index (κ3) is 5.12. The molecule has 2 unspecified atom stereocenters. The van der Waals surface area contributed by atoms with E-state index in [1.54, 1.807) is 0 Å². The molecular formula is C24H19Cl2F3N2O4. The number of anilines is 1. The van der Waals surface area contributed by atoms with Gasteiger partial charge in [0.05, 0.1) is 5.56 Å². The predicted octanol–water partition coefficient (Wildman–Crippen LogP) is 5.92. The van der Waals surface area contributed by atoms with Crippen molar-refractivity contribution < 1.29 is 33.0 Å². The van der Waals surface area contributed by atoms with Gasteiger partial charge in [-0.25, -0.2) is 9.78 Å². The molecule has 11 heteroatoms. The molecule has 0 spiro atoms. The number of hydrogen-bond donors (Lipinski definition) is 2. The summed E-state index contributed by atoms with van der Waals surface area (Å²) in [5.74, 6) is -3.21. The zero-order valence-corrected chi connectivity index (χ0v) is 19.9. The first-order valence-corrected chi connectivity index (χ1v) is 10.8. The van der Waals surface area contributed by atoms with E-state index in [9.17, 15) is 27.9 Å². The Morgan fingerprint density at radius 2 is 1.60 bits per heavy atom. The number of alkyl halides is 3. The zero-order chi connectivity index (χ0) is 26.1. The first kappa shape index (κ1) is 26.5. The minimum atomic E-state index is -5.09. The molecule has 0 aliphatic carbocycles. The standard InChI is InChI=1S/C24H19Cl2F3N2O4/c1-13(23(35,24(27,28)29)16-9-10-30-20(26)12-16)18-8-5-15(11-19(18)25)21(32)31(2)17-6-3-14(4-7-17)22(33)34/h3-13,35H,1-2H3,(H,33,34). The number of nitrogens with zero attached hydrogens (tertiary/aromatic N) is 2. The molecule has 1 heterocycles. The molecule has 0 radical (unpaired) electrons. The van der Waals surface area contributed by atoms with E-state index in [4.69, 9.17) is 28.3 Å². The molecule has 0 fully saturated rings. The van der Waals surface area contributed by atoms with E-state index >= 15 is 0 Å². The van der Waals surface area contributed by atoms with E-state index in [1.807, 2.05) is 0 Å². The van der Waals surface area contributed by atoms with Crippen LogP contribution in [-0.4, -0.2) is 40.3 Å². The summed E-state index contributed by atoms with van der Waals surface area (Å²) >= 11 is 12.1. The van der Waals surface area contributed by atoms with Crippen molar-refractivity contribution in [2.75, 3.05) is 11.9 Å². The quantitative estimate of drug-likeness (QED) is 0.389. The van der Waals surface area contributed by atoms with Gasteiger partial charge in [-0.1, -0.05) is 36.2 Å². The van der Waals surface area contributed by atoms with E-state index in [0.29, 0.717) is 5.69 Å². The fourth-order valence-corrected chi connectivity index (χ4v) is 4.19. The number of amides is 1. The van der Waals surface area contributed by atoms with Gasteiger partial charge < -0.3 is 15.1 Å². The lowest BCUT2D eigenvalue weighted by Crippen LogP contribution is -2.46. The van der Waals surface area contributed by atoms with Gasteiger partial charge in [-0.3, -0.25) is 4.79 Å². The van der Waals surface area contributed by atoms with E-state index in [2.05, 4.69) is 4.98 Å². The summed E-state index contributed by atoms with van der Waals surface area (Å²) in [4.78, 5) is 28.8. The Labute approximate surface area is 208 Å². The third-order valence-corrected chi connectivity index (χ3v) is 6.28. The molecule has 1 aromatic heterocycles. The van der Waals surface area contributed by atoms with Crippen LogP contribution in [0.25, 0.3) is 0 Å². The van der Waals surface area contributed by atoms with Crippen LogP contribution in [0.1, 0.15) is 44.7 Å². The number of carboxylic acid groups (broad SMARTS) is 1. The average molecular weight is 527 g/mol. The maximum atomic E-state index is 14.1.